The van der Waals surface area contributed by atoms with Gasteiger partial charge in [-0.15, -0.1) is 0 Å². The van der Waals surface area contributed by atoms with E-state index in [2.05, 4.69) is 11.8 Å². The largest absolute Gasteiger partial charge is 0.359 e. The molecule has 0 bridgehead atoms. The number of amides is 1. The molecule has 0 saturated carbocycles. The fourth-order valence-corrected chi connectivity index (χ4v) is 1.23. The predicted molar refractivity (Wildman–Crippen MR) is 52.3 cm³/mol. The molecule has 1 rings (SSSR count). The molecule has 3 heteroatoms. The molecule has 2 nitrogen and oxygen atoms in total. The van der Waals surface area contributed by atoms with E-state index in [0.29, 0.717) is 10.6 Å². The van der Waals surface area contributed by atoms with E-state index in [1.54, 1.807) is 6.07 Å². The zero-order valence-corrected chi connectivity index (χ0v) is 7.85. The predicted octanol–water partition coefficient (Wildman–Crippen LogP) is 1.49. The number of hydrogen-bond acceptors (Lipinski definition) is 1. The molecule has 0 heterocycles. The average Bonchev–Trinajstić information content (AvgIpc) is 1.99. The van der Waals surface area contributed by atoms with Gasteiger partial charge in [0.1, 0.15) is 0 Å². The Bertz CT molecular complexity index is 381. The minimum atomic E-state index is -0.641. The van der Waals surface area contributed by atoms with Gasteiger partial charge in [-0.1, -0.05) is 17.5 Å². The fourth-order valence-electron chi connectivity index (χ4n) is 0.942. The van der Waals surface area contributed by atoms with E-state index in [4.69, 9.17) is 17.3 Å². The monoisotopic (exact) mass is 193 g/mol. The third kappa shape index (κ3) is 3.18. The van der Waals surface area contributed by atoms with Gasteiger partial charge in [-0.05, 0) is 36.6 Å². The first-order valence-electron chi connectivity index (χ1n) is 3.66. The van der Waals surface area contributed by atoms with Crippen LogP contribution in [0.2, 0.25) is 5.02 Å². The molecule has 66 valence electrons. The highest BCUT2D eigenvalue weighted by molar-refractivity contribution is 6.30. The summed E-state index contributed by atoms with van der Waals surface area (Å²) in [6.07, 6.45) is 0. The van der Waals surface area contributed by atoms with Crippen molar-refractivity contribution in [1.29, 1.82) is 0 Å². The van der Waals surface area contributed by atoms with Gasteiger partial charge in [0.2, 0.25) is 0 Å². The van der Waals surface area contributed by atoms with Crippen molar-refractivity contribution >= 4 is 17.5 Å². The maximum Gasteiger partial charge on any atom is 0.293 e. The van der Waals surface area contributed by atoms with Crippen LogP contribution in [0.25, 0.3) is 0 Å². The lowest BCUT2D eigenvalue weighted by atomic mass is 10.1. The van der Waals surface area contributed by atoms with Gasteiger partial charge in [0.15, 0.2) is 0 Å². The number of aryl methyl sites for hydroxylation is 1. The molecule has 2 N–H and O–H groups in total. The van der Waals surface area contributed by atoms with Crippen molar-refractivity contribution < 1.29 is 4.79 Å². The lowest BCUT2D eigenvalue weighted by Gasteiger charge is -1.95. The molecule has 0 aliphatic rings. The molecule has 0 spiro atoms. The Labute approximate surface area is 81.7 Å². The van der Waals surface area contributed by atoms with Gasteiger partial charge in [0, 0.05) is 10.6 Å². The summed E-state index contributed by atoms with van der Waals surface area (Å²) in [7, 11) is 0. The molecule has 0 unspecified atom stereocenters. The fraction of sp³-hybridized carbons (Fsp3) is 0.100. The van der Waals surface area contributed by atoms with E-state index >= 15 is 0 Å². The van der Waals surface area contributed by atoms with Gasteiger partial charge in [-0.3, -0.25) is 4.79 Å². The Hall–Kier alpha value is -1.46. The first-order valence-corrected chi connectivity index (χ1v) is 4.04. The van der Waals surface area contributed by atoms with Gasteiger partial charge in [0.25, 0.3) is 5.91 Å². The molecular weight excluding hydrogens is 186 g/mol. The van der Waals surface area contributed by atoms with Crippen molar-refractivity contribution in [1.82, 2.24) is 0 Å². The number of primary amides is 1. The molecule has 0 radical (unpaired) electrons. The normalized spacial score (nSPS) is 8.77. The summed E-state index contributed by atoms with van der Waals surface area (Å²) in [4.78, 5) is 10.4. The maximum atomic E-state index is 10.4. The van der Waals surface area contributed by atoms with Crippen molar-refractivity contribution in [3.8, 4) is 11.8 Å². The molecular formula is C10H8ClNO. The minimum Gasteiger partial charge on any atom is -0.359 e. The number of rotatable bonds is 0. The number of carbonyl (C=O) groups is 1. The third-order valence-electron chi connectivity index (χ3n) is 1.37. The molecule has 0 aromatic heterocycles. The van der Waals surface area contributed by atoms with Gasteiger partial charge in [-0.2, -0.15) is 0 Å². The second-order valence-electron chi connectivity index (χ2n) is 2.63. The summed E-state index contributed by atoms with van der Waals surface area (Å²) >= 11 is 5.78. The van der Waals surface area contributed by atoms with Crippen molar-refractivity contribution in [2.75, 3.05) is 0 Å². The zero-order valence-electron chi connectivity index (χ0n) is 7.10. The summed E-state index contributed by atoms with van der Waals surface area (Å²) in [5.41, 5.74) is 6.57. The van der Waals surface area contributed by atoms with Crippen LogP contribution in [0, 0.1) is 18.8 Å². The number of halogens is 1. The highest BCUT2D eigenvalue weighted by atomic mass is 35.5. The molecule has 0 saturated heterocycles. The number of benzene rings is 1. The second kappa shape index (κ2) is 3.97. The Balaban J connectivity index is 3.04. The lowest BCUT2D eigenvalue weighted by molar-refractivity contribution is -0.112. The lowest BCUT2D eigenvalue weighted by Crippen LogP contribution is -2.06. The summed E-state index contributed by atoms with van der Waals surface area (Å²) in [5.74, 6) is 4.22. The molecule has 1 aromatic rings. The van der Waals surface area contributed by atoms with E-state index in [1.165, 1.54) is 0 Å². The Morgan fingerprint density at radius 1 is 1.46 bits per heavy atom. The maximum absolute atomic E-state index is 10.4. The van der Waals surface area contributed by atoms with Gasteiger partial charge in [-0.25, -0.2) is 0 Å². The smallest absolute Gasteiger partial charge is 0.293 e. The van der Waals surface area contributed by atoms with E-state index in [1.807, 2.05) is 19.1 Å². The molecule has 1 amide bonds. The topological polar surface area (TPSA) is 43.1 Å². The Morgan fingerprint density at radius 3 is 2.69 bits per heavy atom. The van der Waals surface area contributed by atoms with Crippen molar-refractivity contribution in [2.24, 2.45) is 5.73 Å². The number of hydrogen-bond donors (Lipinski definition) is 1. The van der Waals surface area contributed by atoms with Crippen LogP contribution in [0.5, 0.6) is 0 Å². The molecule has 0 aliphatic carbocycles. The molecule has 0 atom stereocenters. The van der Waals surface area contributed by atoms with Crippen molar-refractivity contribution in [2.45, 2.75) is 6.92 Å². The third-order valence-corrected chi connectivity index (χ3v) is 1.59. The summed E-state index contributed by atoms with van der Waals surface area (Å²) < 4.78 is 0. The average molecular weight is 194 g/mol. The second-order valence-corrected chi connectivity index (χ2v) is 3.07. The molecule has 13 heavy (non-hydrogen) atoms. The van der Waals surface area contributed by atoms with E-state index in [-0.39, 0.29) is 0 Å². The van der Waals surface area contributed by atoms with Crippen LogP contribution in [0.1, 0.15) is 11.1 Å². The summed E-state index contributed by atoms with van der Waals surface area (Å²) in [6.45, 7) is 1.90. The van der Waals surface area contributed by atoms with Crippen LogP contribution in [0.15, 0.2) is 18.2 Å². The number of nitrogens with two attached hydrogens (primary N) is 1. The highest BCUT2D eigenvalue weighted by Gasteiger charge is 1.93. The van der Waals surface area contributed by atoms with Crippen LogP contribution in [-0.2, 0) is 4.79 Å². The Morgan fingerprint density at radius 2 is 2.15 bits per heavy atom. The van der Waals surface area contributed by atoms with E-state index in [9.17, 15) is 4.79 Å². The molecule has 0 fully saturated rings. The van der Waals surface area contributed by atoms with Gasteiger partial charge in [0.05, 0.1) is 0 Å². The summed E-state index contributed by atoms with van der Waals surface area (Å²) in [6, 6.07) is 5.34. The van der Waals surface area contributed by atoms with Crippen molar-refractivity contribution in [3.63, 3.8) is 0 Å². The molecule has 1 aromatic carbocycles. The standard InChI is InChI=1S/C10H8ClNO/c1-7-4-8(2-3-10(12)13)6-9(11)5-7/h4-6H,1H3,(H2,12,13). The van der Waals surface area contributed by atoms with E-state index < -0.39 is 5.91 Å². The van der Waals surface area contributed by atoms with Crippen LogP contribution in [-0.4, -0.2) is 5.91 Å². The van der Waals surface area contributed by atoms with E-state index in [0.717, 1.165) is 5.56 Å². The van der Waals surface area contributed by atoms with Crippen LogP contribution in [0.3, 0.4) is 0 Å². The van der Waals surface area contributed by atoms with Crippen LogP contribution >= 0.6 is 11.6 Å². The van der Waals surface area contributed by atoms with Gasteiger partial charge < -0.3 is 5.73 Å². The minimum absolute atomic E-state index is 0.605. The van der Waals surface area contributed by atoms with Crippen molar-refractivity contribution in [3.05, 3.63) is 34.3 Å². The molecule has 0 aliphatic heterocycles. The first-order chi connectivity index (χ1) is 6.08. The quantitative estimate of drug-likeness (QED) is 0.624. The SMILES string of the molecule is Cc1cc(Cl)cc(C#CC(N)=O)c1. The van der Waals surface area contributed by atoms with Gasteiger partial charge >= 0.3 is 0 Å². The van der Waals surface area contributed by atoms with Crippen LogP contribution < -0.4 is 5.73 Å². The van der Waals surface area contributed by atoms with Crippen LogP contribution in [0.4, 0.5) is 0 Å². The summed E-state index contributed by atoms with van der Waals surface area (Å²) in [5, 5.41) is 0.605. The number of carbonyl (C=O) groups excluding carboxylic acids is 1. The first kappa shape index (κ1) is 9.63. The highest BCUT2D eigenvalue weighted by Crippen LogP contribution is 2.13. The Kier molecular flexibility index (Phi) is 2.94. The zero-order chi connectivity index (χ0) is 9.84.